The summed E-state index contributed by atoms with van der Waals surface area (Å²) < 4.78 is 1.83. The summed E-state index contributed by atoms with van der Waals surface area (Å²) in [7, 11) is 0. The average molecular weight is 260 g/mol. The molecule has 3 nitrogen and oxygen atoms in total. The standard InChI is InChI=1S/C17H12N2O/c20-16-6-3-9-19-11-15(18-17(16)19)14-8-7-12-4-1-2-5-13(12)10-14/h1-11,20H. The van der Waals surface area contributed by atoms with Crippen LogP contribution in [0.4, 0.5) is 0 Å². The van der Waals surface area contributed by atoms with Crippen LogP contribution in [0.1, 0.15) is 0 Å². The Morgan fingerprint density at radius 1 is 0.900 bits per heavy atom. The van der Waals surface area contributed by atoms with E-state index in [1.165, 1.54) is 10.8 Å². The van der Waals surface area contributed by atoms with Gasteiger partial charge in [0.25, 0.3) is 0 Å². The van der Waals surface area contributed by atoms with Gasteiger partial charge in [0, 0.05) is 18.0 Å². The number of hydrogen-bond donors (Lipinski definition) is 1. The summed E-state index contributed by atoms with van der Waals surface area (Å²) >= 11 is 0. The molecule has 0 saturated carbocycles. The first-order chi connectivity index (χ1) is 9.81. The summed E-state index contributed by atoms with van der Waals surface area (Å²) in [5, 5.41) is 12.2. The molecule has 0 aliphatic rings. The summed E-state index contributed by atoms with van der Waals surface area (Å²) in [6, 6.07) is 18.0. The Morgan fingerprint density at radius 3 is 2.60 bits per heavy atom. The van der Waals surface area contributed by atoms with E-state index in [0.717, 1.165) is 11.3 Å². The third kappa shape index (κ3) is 1.64. The molecule has 96 valence electrons. The molecule has 0 radical (unpaired) electrons. The van der Waals surface area contributed by atoms with E-state index >= 15 is 0 Å². The van der Waals surface area contributed by atoms with Gasteiger partial charge >= 0.3 is 0 Å². The van der Waals surface area contributed by atoms with Crippen LogP contribution in [-0.2, 0) is 0 Å². The molecule has 3 heteroatoms. The molecule has 0 spiro atoms. The van der Waals surface area contributed by atoms with Crippen molar-refractivity contribution in [3.63, 3.8) is 0 Å². The molecule has 0 atom stereocenters. The predicted molar refractivity (Wildman–Crippen MR) is 79.8 cm³/mol. The highest BCUT2D eigenvalue weighted by molar-refractivity contribution is 5.87. The molecule has 4 rings (SSSR count). The monoisotopic (exact) mass is 260 g/mol. The lowest BCUT2D eigenvalue weighted by Gasteiger charge is -2.00. The van der Waals surface area contributed by atoms with E-state index in [-0.39, 0.29) is 5.75 Å². The van der Waals surface area contributed by atoms with Crippen LogP contribution in [0.15, 0.2) is 67.0 Å². The van der Waals surface area contributed by atoms with Gasteiger partial charge in [0.1, 0.15) is 0 Å². The SMILES string of the molecule is Oc1cccn2cc(-c3ccc4ccccc4c3)nc12. The highest BCUT2D eigenvalue weighted by atomic mass is 16.3. The van der Waals surface area contributed by atoms with Crippen LogP contribution >= 0.6 is 0 Å². The Labute approximate surface area is 115 Å². The van der Waals surface area contributed by atoms with E-state index < -0.39 is 0 Å². The molecular formula is C17H12N2O. The normalized spacial score (nSPS) is 11.2. The summed E-state index contributed by atoms with van der Waals surface area (Å²) in [5.41, 5.74) is 2.49. The van der Waals surface area contributed by atoms with Gasteiger partial charge in [0.05, 0.1) is 5.69 Å². The molecule has 0 unspecified atom stereocenters. The molecule has 0 aliphatic carbocycles. The van der Waals surface area contributed by atoms with Gasteiger partial charge in [-0.15, -0.1) is 0 Å². The molecule has 0 bridgehead atoms. The fraction of sp³-hybridized carbons (Fsp3) is 0. The Balaban J connectivity index is 1.94. The number of fused-ring (bicyclic) bond motifs is 2. The van der Waals surface area contributed by atoms with Crippen LogP contribution in [0, 0.1) is 0 Å². The first-order valence-corrected chi connectivity index (χ1v) is 6.47. The second-order valence-corrected chi connectivity index (χ2v) is 4.81. The van der Waals surface area contributed by atoms with Gasteiger partial charge in [-0.1, -0.05) is 36.4 Å². The maximum absolute atomic E-state index is 9.82. The fourth-order valence-corrected chi connectivity index (χ4v) is 2.49. The third-order valence-electron chi connectivity index (χ3n) is 3.51. The predicted octanol–water partition coefficient (Wildman–Crippen LogP) is 3.86. The minimum Gasteiger partial charge on any atom is -0.504 e. The van der Waals surface area contributed by atoms with Crippen molar-refractivity contribution in [2.45, 2.75) is 0 Å². The highest BCUT2D eigenvalue weighted by Gasteiger charge is 2.07. The van der Waals surface area contributed by atoms with Gasteiger partial charge in [-0.25, -0.2) is 4.98 Å². The smallest absolute Gasteiger partial charge is 0.180 e. The number of aromatic nitrogens is 2. The van der Waals surface area contributed by atoms with Crippen LogP contribution in [0.2, 0.25) is 0 Å². The molecule has 0 fully saturated rings. The van der Waals surface area contributed by atoms with Crippen LogP contribution < -0.4 is 0 Å². The molecule has 2 aromatic heterocycles. The summed E-state index contributed by atoms with van der Waals surface area (Å²) in [6.07, 6.45) is 3.81. The lowest BCUT2D eigenvalue weighted by Crippen LogP contribution is -1.80. The van der Waals surface area contributed by atoms with Gasteiger partial charge < -0.3 is 9.51 Å². The van der Waals surface area contributed by atoms with Crippen molar-refractivity contribution in [1.29, 1.82) is 0 Å². The van der Waals surface area contributed by atoms with Gasteiger partial charge in [-0.05, 0) is 29.0 Å². The first-order valence-electron chi connectivity index (χ1n) is 6.47. The Bertz CT molecular complexity index is 924. The average Bonchev–Trinajstić information content (AvgIpc) is 2.92. The van der Waals surface area contributed by atoms with Crippen molar-refractivity contribution in [2.24, 2.45) is 0 Å². The largest absolute Gasteiger partial charge is 0.504 e. The van der Waals surface area contributed by atoms with Crippen molar-refractivity contribution in [1.82, 2.24) is 9.38 Å². The number of nitrogens with zero attached hydrogens (tertiary/aromatic N) is 2. The van der Waals surface area contributed by atoms with Crippen LogP contribution in [-0.4, -0.2) is 14.5 Å². The zero-order valence-electron chi connectivity index (χ0n) is 10.7. The van der Waals surface area contributed by atoms with Crippen molar-refractivity contribution >= 4 is 16.4 Å². The maximum atomic E-state index is 9.82. The second-order valence-electron chi connectivity index (χ2n) is 4.81. The van der Waals surface area contributed by atoms with Crippen LogP contribution in [0.5, 0.6) is 5.75 Å². The Morgan fingerprint density at radius 2 is 1.75 bits per heavy atom. The topological polar surface area (TPSA) is 37.5 Å². The van der Waals surface area contributed by atoms with Crippen LogP contribution in [0.25, 0.3) is 27.7 Å². The molecule has 0 aliphatic heterocycles. The van der Waals surface area contributed by atoms with Crippen LogP contribution in [0.3, 0.4) is 0 Å². The molecule has 1 N–H and O–H groups in total. The van der Waals surface area contributed by atoms with E-state index in [2.05, 4.69) is 35.3 Å². The van der Waals surface area contributed by atoms with Crippen molar-refractivity contribution < 1.29 is 5.11 Å². The number of pyridine rings is 1. The van der Waals surface area contributed by atoms with E-state index in [1.54, 1.807) is 12.1 Å². The summed E-state index contributed by atoms with van der Waals surface area (Å²) in [5.74, 6) is 0.194. The summed E-state index contributed by atoms with van der Waals surface area (Å²) in [4.78, 5) is 4.50. The number of imidazole rings is 1. The molecule has 2 heterocycles. The van der Waals surface area contributed by atoms with Crippen molar-refractivity contribution in [3.8, 4) is 17.0 Å². The van der Waals surface area contributed by atoms with Crippen molar-refractivity contribution in [3.05, 3.63) is 67.0 Å². The lowest BCUT2D eigenvalue weighted by molar-refractivity contribution is 0.477. The molecule has 0 saturated heterocycles. The quantitative estimate of drug-likeness (QED) is 0.564. The fourth-order valence-electron chi connectivity index (χ4n) is 2.49. The Kier molecular flexibility index (Phi) is 2.27. The van der Waals surface area contributed by atoms with Gasteiger partial charge in [0.2, 0.25) is 0 Å². The van der Waals surface area contributed by atoms with E-state index in [0.29, 0.717) is 5.65 Å². The molecular weight excluding hydrogens is 248 g/mol. The molecule has 4 aromatic rings. The van der Waals surface area contributed by atoms with Gasteiger partial charge in [-0.3, -0.25) is 0 Å². The van der Waals surface area contributed by atoms with E-state index in [4.69, 9.17) is 0 Å². The minimum absolute atomic E-state index is 0.194. The minimum atomic E-state index is 0.194. The highest BCUT2D eigenvalue weighted by Crippen LogP contribution is 2.26. The summed E-state index contributed by atoms with van der Waals surface area (Å²) in [6.45, 7) is 0. The van der Waals surface area contributed by atoms with Crippen molar-refractivity contribution in [2.75, 3.05) is 0 Å². The van der Waals surface area contributed by atoms with E-state index in [1.807, 2.05) is 28.9 Å². The zero-order valence-corrected chi connectivity index (χ0v) is 10.7. The number of benzene rings is 2. The number of hydrogen-bond acceptors (Lipinski definition) is 2. The first kappa shape index (κ1) is 11.1. The maximum Gasteiger partial charge on any atom is 0.180 e. The number of rotatable bonds is 1. The van der Waals surface area contributed by atoms with Gasteiger partial charge in [0.15, 0.2) is 11.4 Å². The molecule has 0 amide bonds. The number of aromatic hydroxyl groups is 1. The zero-order chi connectivity index (χ0) is 13.5. The molecule has 2 aromatic carbocycles. The van der Waals surface area contributed by atoms with Gasteiger partial charge in [-0.2, -0.15) is 0 Å². The van der Waals surface area contributed by atoms with E-state index in [9.17, 15) is 5.11 Å². The Hall–Kier alpha value is -2.81. The second kappa shape index (κ2) is 4.10. The molecule has 20 heavy (non-hydrogen) atoms. The lowest BCUT2D eigenvalue weighted by atomic mass is 10.1. The third-order valence-corrected chi connectivity index (χ3v) is 3.51.